The summed E-state index contributed by atoms with van der Waals surface area (Å²) in [5.74, 6) is -1.23. The summed E-state index contributed by atoms with van der Waals surface area (Å²) in [7, 11) is 0. The molecule has 1 aliphatic carbocycles. The lowest BCUT2D eigenvalue weighted by Crippen LogP contribution is -2.48. The Balaban J connectivity index is 1.33. The van der Waals surface area contributed by atoms with Gasteiger partial charge >= 0.3 is 18.0 Å². The Bertz CT molecular complexity index is 1120. The number of nitrogens with zero attached hydrogens (tertiary/aromatic N) is 1. The molecular weight excluding hydrogens is 496 g/mol. The van der Waals surface area contributed by atoms with Crippen LogP contribution in [-0.4, -0.2) is 65.4 Å². The first kappa shape index (κ1) is 26.8. The van der Waals surface area contributed by atoms with Crippen LogP contribution in [0.3, 0.4) is 0 Å². The molecule has 10 heteroatoms. The van der Waals surface area contributed by atoms with Gasteiger partial charge in [0.25, 0.3) is 0 Å². The van der Waals surface area contributed by atoms with Gasteiger partial charge in [-0.15, -0.1) is 11.3 Å². The number of aromatic carboxylic acids is 1. The van der Waals surface area contributed by atoms with Crippen molar-refractivity contribution >= 4 is 29.3 Å². The Morgan fingerprint density at radius 3 is 2.46 bits per heavy atom. The number of ether oxygens (including phenoxy) is 2. The van der Waals surface area contributed by atoms with Crippen molar-refractivity contribution in [2.45, 2.75) is 57.9 Å². The number of urea groups is 1. The summed E-state index contributed by atoms with van der Waals surface area (Å²) in [5.41, 5.74) is 1.36. The van der Waals surface area contributed by atoms with Crippen LogP contribution in [0.5, 0.6) is 11.5 Å². The lowest BCUT2D eigenvalue weighted by Gasteiger charge is -2.33. The Hall–Kier alpha value is -3.27. The highest BCUT2D eigenvalue weighted by Crippen LogP contribution is 2.42. The molecule has 1 saturated heterocycles. The minimum absolute atomic E-state index is 0.0284. The van der Waals surface area contributed by atoms with Gasteiger partial charge in [-0.1, -0.05) is 31.4 Å². The second-order valence-corrected chi connectivity index (χ2v) is 10.8. The fourth-order valence-electron chi connectivity index (χ4n) is 4.98. The van der Waals surface area contributed by atoms with Crippen LogP contribution in [0.25, 0.3) is 10.4 Å². The van der Waals surface area contributed by atoms with Crippen molar-refractivity contribution in [1.82, 2.24) is 10.2 Å². The third-order valence-corrected chi connectivity index (χ3v) is 8.35. The third kappa shape index (κ3) is 6.94. The molecule has 2 fully saturated rings. The number of benzene rings is 1. The zero-order chi connectivity index (χ0) is 26.4. The summed E-state index contributed by atoms with van der Waals surface area (Å²) in [6.07, 6.45) is 7.57. The van der Waals surface area contributed by atoms with E-state index in [4.69, 9.17) is 14.6 Å². The predicted molar refractivity (Wildman–Crippen MR) is 140 cm³/mol. The molecule has 0 bridgehead atoms. The van der Waals surface area contributed by atoms with Crippen LogP contribution >= 0.6 is 11.3 Å². The number of hydrogen-bond acceptors (Lipinski definition) is 6. The number of likely N-dealkylation sites (tertiary alicyclic amines) is 1. The number of amides is 2. The van der Waals surface area contributed by atoms with E-state index >= 15 is 0 Å². The van der Waals surface area contributed by atoms with Gasteiger partial charge in [0, 0.05) is 29.6 Å². The van der Waals surface area contributed by atoms with Crippen LogP contribution < -0.4 is 14.8 Å². The quantitative estimate of drug-likeness (QED) is 0.416. The minimum Gasteiger partial charge on any atom is -0.493 e. The van der Waals surface area contributed by atoms with Gasteiger partial charge in [0.1, 0.15) is 11.5 Å². The maximum Gasteiger partial charge on any atom is 0.349 e. The minimum atomic E-state index is -1.17. The van der Waals surface area contributed by atoms with Crippen LogP contribution in [-0.2, 0) is 4.79 Å². The van der Waals surface area contributed by atoms with Crippen LogP contribution in [0, 0.1) is 12.8 Å². The summed E-state index contributed by atoms with van der Waals surface area (Å²) in [4.78, 5) is 37.8. The first-order chi connectivity index (χ1) is 17.8. The maximum absolute atomic E-state index is 12.6. The van der Waals surface area contributed by atoms with E-state index in [1.165, 1.54) is 19.3 Å². The summed E-state index contributed by atoms with van der Waals surface area (Å²) in [5, 5.41) is 21.7. The first-order valence-corrected chi connectivity index (χ1v) is 13.6. The molecule has 0 atom stereocenters. The molecule has 2 heterocycles. The number of rotatable bonds is 9. The lowest BCUT2D eigenvalue weighted by molar-refractivity contribution is -0.139. The van der Waals surface area contributed by atoms with E-state index in [9.17, 15) is 19.5 Å². The van der Waals surface area contributed by atoms with Crippen LogP contribution in [0.2, 0.25) is 0 Å². The molecule has 0 unspecified atom stereocenters. The van der Waals surface area contributed by atoms with E-state index in [-0.39, 0.29) is 16.7 Å². The Morgan fingerprint density at radius 1 is 1.05 bits per heavy atom. The summed E-state index contributed by atoms with van der Waals surface area (Å²) >= 11 is 1.05. The number of carboxylic acids is 2. The van der Waals surface area contributed by atoms with E-state index in [0.717, 1.165) is 55.7 Å². The van der Waals surface area contributed by atoms with Gasteiger partial charge < -0.3 is 29.9 Å². The SMILES string of the molecule is Cc1c(-c2cccc(OCC3CCN(C(=O)NC4CCCCC4)CC3)c2)sc(C(=O)O)c1OCC(=O)O. The number of aliphatic carboxylic acids is 1. The topological polar surface area (TPSA) is 125 Å². The molecule has 9 nitrogen and oxygen atoms in total. The number of carbonyl (C=O) groups is 3. The van der Waals surface area contributed by atoms with Gasteiger partial charge in [-0.3, -0.25) is 0 Å². The number of carbonyl (C=O) groups excluding carboxylic acids is 1. The molecule has 0 spiro atoms. The highest BCUT2D eigenvalue weighted by atomic mass is 32.1. The van der Waals surface area contributed by atoms with Crippen LogP contribution in [0.15, 0.2) is 24.3 Å². The van der Waals surface area contributed by atoms with E-state index in [1.54, 1.807) is 6.92 Å². The lowest BCUT2D eigenvalue weighted by atomic mass is 9.95. The maximum atomic E-state index is 12.6. The van der Waals surface area contributed by atoms with Gasteiger partial charge in [-0.05, 0) is 56.2 Å². The van der Waals surface area contributed by atoms with E-state index in [1.807, 2.05) is 29.2 Å². The molecule has 200 valence electrons. The fourth-order valence-corrected chi connectivity index (χ4v) is 6.07. The molecule has 1 saturated carbocycles. The highest BCUT2D eigenvalue weighted by molar-refractivity contribution is 7.18. The second kappa shape index (κ2) is 12.3. The van der Waals surface area contributed by atoms with Gasteiger partial charge in [0.05, 0.1) is 6.61 Å². The molecule has 3 N–H and O–H groups in total. The van der Waals surface area contributed by atoms with E-state index in [2.05, 4.69) is 5.32 Å². The van der Waals surface area contributed by atoms with Crippen molar-refractivity contribution in [2.75, 3.05) is 26.3 Å². The van der Waals surface area contributed by atoms with Gasteiger partial charge in [-0.25, -0.2) is 14.4 Å². The summed E-state index contributed by atoms with van der Waals surface area (Å²) in [6, 6.07) is 7.80. The Morgan fingerprint density at radius 2 is 1.78 bits per heavy atom. The van der Waals surface area contributed by atoms with Crippen molar-refractivity contribution in [2.24, 2.45) is 5.92 Å². The van der Waals surface area contributed by atoms with Gasteiger partial charge in [0.2, 0.25) is 0 Å². The van der Waals surface area contributed by atoms with E-state index < -0.39 is 18.5 Å². The van der Waals surface area contributed by atoms with Gasteiger partial charge in [-0.2, -0.15) is 0 Å². The monoisotopic (exact) mass is 530 g/mol. The number of hydrogen-bond donors (Lipinski definition) is 3. The van der Waals surface area contributed by atoms with Crippen LogP contribution in [0.1, 0.15) is 60.2 Å². The zero-order valence-electron chi connectivity index (χ0n) is 21.0. The predicted octanol–water partition coefficient (Wildman–Crippen LogP) is 5.02. The Labute approximate surface area is 220 Å². The average Bonchev–Trinajstić information content (AvgIpc) is 3.23. The molecule has 2 aliphatic rings. The van der Waals surface area contributed by atoms with Crippen molar-refractivity contribution in [3.63, 3.8) is 0 Å². The molecule has 4 rings (SSSR count). The number of thiophene rings is 1. The number of carboxylic acid groups (broad SMARTS) is 2. The second-order valence-electron chi connectivity index (χ2n) is 9.76. The molecule has 1 aliphatic heterocycles. The van der Waals surface area contributed by atoms with Crippen LogP contribution in [0.4, 0.5) is 4.79 Å². The number of nitrogens with one attached hydrogen (secondary N) is 1. The molecule has 1 aromatic heterocycles. The average molecular weight is 531 g/mol. The van der Waals surface area contributed by atoms with Gasteiger partial charge in [0.15, 0.2) is 11.5 Å². The third-order valence-electron chi connectivity index (χ3n) is 7.04. The van der Waals surface area contributed by atoms with E-state index in [0.29, 0.717) is 34.8 Å². The largest absolute Gasteiger partial charge is 0.493 e. The van der Waals surface area contributed by atoms with Crippen molar-refractivity contribution in [3.8, 4) is 21.9 Å². The summed E-state index contributed by atoms with van der Waals surface area (Å²) < 4.78 is 11.4. The zero-order valence-corrected chi connectivity index (χ0v) is 21.8. The van der Waals surface area contributed by atoms with Crippen molar-refractivity contribution in [3.05, 3.63) is 34.7 Å². The molecular formula is C27H34N2O7S. The van der Waals surface area contributed by atoms with Crippen molar-refractivity contribution in [1.29, 1.82) is 0 Å². The molecule has 0 radical (unpaired) electrons. The Kier molecular flexibility index (Phi) is 8.91. The smallest absolute Gasteiger partial charge is 0.349 e. The number of piperidine rings is 1. The molecule has 1 aromatic carbocycles. The normalized spacial score (nSPS) is 16.8. The highest BCUT2D eigenvalue weighted by Gasteiger charge is 2.26. The fraction of sp³-hybridized carbons (Fsp3) is 0.519. The molecule has 2 aromatic rings. The summed E-state index contributed by atoms with van der Waals surface area (Å²) in [6.45, 7) is 3.09. The van der Waals surface area contributed by atoms with Crippen molar-refractivity contribution < 1.29 is 34.1 Å². The standard InChI is InChI=1S/C27H34N2O7S/c1-17-23(36-16-22(30)31)25(26(32)33)37-24(17)19-6-5-9-21(14-19)35-15-18-10-12-29(13-11-18)27(34)28-20-7-3-2-4-8-20/h5-6,9,14,18,20H,2-4,7-8,10-13,15-16H2,1H3,(H,28,34)(H,30,31)(H,32,33). The first-order valence-electron chi connectivity index (χ1n) is 12.8. The molecule has 2 amide bonds. The molecule has 37 heavy (non-hydrogen) atoms.